The molecule has 5 heteroatoms. The van der Waals surface area contributed by atoms with Gasteiger partial charge < -0.3 is 5.32 Å². The number of hydrogen-bond donors (Lipinski definition) is 1. The summed E-state index contributed by atoms with van der Waals surface area (Å²) >= 11 is 5.16. The van der Waals surface area contributed by atoms with Crippen molar-refractivity contribution in [1.29, 1.82) is 0 Å². The van der Waals surface area contributed by atoms with Crippen molar-refractivity contribution in [1.82, 2.24) is 10.2 Å². The van der Waals surface area contributed by atoms with Gasteiger partial charge in [0.25, 0.3) is 5.91 Å². The van der Waals surface area contributed by atoms with Crippen LogP contribution >= 0.6 is 12.2 Å². The predicted octanol–water partition coefficient (Wildman–Crippen LogP) is 2.07. The van der Waals surface area contributed by atoms with Gasteiger partial charge in [-0.05, 0) is 35.8 Å². The summed E-state index contributed by atoms with van der Waals surface area (Å²) in [5, 5.41) is 3.47. The molecule has 0 aromatic heterocycles. The minimum Gasteiger partial charge on any atom is -0.350 e. The van der Waals surface area contributed by atoms with E-state index in [2.05, 4.69) is 5.32 Å². The Morgan fingerprint density at radius 3 is 2.50 bits per heavy atom. The summed E-state index contributed by atoms with van der Waals surface area (Å²) in [5.41, 5.74) is 0.860. The third-order valence-electron chi connectivity index (χ3n) is 2.98. The lowest BCUT2D eigenvalue weighted by Crippen LogP contribution is -2.34. The zero-order valence-electron chi connectivity index (χ0n) is 10.3. The van der Waals surface area contributed by atoms with E-state index in [0.29, 0.717) is 11.7 Å². The molecule has 0 radical (unpaired) electrons. The molecule has 3 nitrogen and oxygen atoms in total. The van der Waals surface area contributed by atoms with Crippen LogP contribution in [0.2, 0.25) is 0 Å². The molecule has 1 amide bonds. The molecule has 1 heterocycles. The van der Waals surface area contributed by atoms with Crippen molar-refractivity contribution in [2.24, 2.45) is 5.92 Å². The predicted molar refractivity (Wildman–Crippen MR) is 71.3 cm³/mol. The Bertz CT molecular complexity index is 472. The molecule has 1 unspecified atom stereocenters. The fourth-order valence-corrected chi connectivity index (χ4v) is 2.20. The number of halogens is 1. The number of nitrogens with one attached hydrogen (secondary N) is 1. The lowest BCUT2D eigenvalue weighted by atomic mass is 10.0. The van der Waals surface area contributed by atoms with Gasteiger partial charge in [-0.2, -0.15) is 0 Å². The third-order valence-corrected chi connectivity index (χ3v) is 3.32. The van der Waals surface area contributed by atoms with Crippen LogP contribution in [0.5, 0.6) is 0 Å². The molecular formula is C13H15FN2OS. The molecule has 0 aliphatic carbocycles. The van der Waals surface area contributed by atoms with Crippen LogP contribution in [0.3, 0.4) is 0 Å². The number of benzene rings is 1. The average Bonchev–Trinajstić information content (AvgIpc) is 2.60. The Hall–Kier alpha value is -1.49. The van der Waals surface area contributed by atoms with Crippen molar-refractivity contribution < 1.29 is 9.18 Å². The molecule has 1 atom stereocenters. The Labute approximate surface area is 111 Å². The second-order valence-corrected chi connectivity index (χ2v) is 5.11. The SMILES string of the molecule is CC(C)C1NC(=S)N(Cc2ccc(F)cc2)C1=O. The molecule has 96 valence electrons. The molecular weight excluding hydrogens is 251 g/mol. The molecule has 0 saturated carbocycles. The lowest BCUT2D eigenvalue weighted by molar-refractivity contribution is -0.128. The minimum atomic E-state index is -0.285. The van der Waals surface area contributed by atoms with Crippen LogP contribution in [0.1, 0.15) is 19.4 Å². The maximum absolute atomic E-state index is 12.8. The molecule has 2 rings (SSSR count). The van der Waals surface area contributed by atoms with E-state index in [1.807, 2.05) is 13.8 Å². The van der Waals surface area contributed by atoms with Crippen LogP contribution in [0, 0.1) is 11.7 Å². The van der Waals surface area contributed by atoms with Gasteiger partial charge in [0.2, 0.25) is 0 Å². The average molecular weight is 266 g/mol. The third kappa shape index (κ3) is 2.51. The minimum absolute atomic E-state index is 0.0145. The van der Waals surface area contributed by atoms with Crippen LogP contribution in [-0.4, -0.2) is 22.0 Å². The van der Waals surface area contributed by atoms with Gasteiger partial charge in [-0.3, -0.25) is 9.69 Å². The second kappa shape index (κ2) is 5.02. The molecule has 1 fully saturated rings. The molecule has 18 heavy (non-hydrogen) atoms. The molecule has 1 aliphatic heterocycles. The monoisotopic (exact) mass is 266 g/mol. The van der Waals surface area contributed by atoms with E-state index >= 15 is 0 Å². The smallest absolute Gasteiger partial charge is 0.251 e. The topological polar surface area (TPSA) is 32.3 Å². The number of hydrogen-bond acceptors (Lipinski definition) is 2. The van der Waals surface area contributed by atoms with E-state index in [4.69, 9.17) is 12.2 Å². The summed E-state index contributed by atoms with van der Waals surface area (Å²) in [6, 6.07) is 5.83. The van der Waals surface area contributed by atoms with Crippen LogP contribution in [0.4, 0.5) is 4.39 Å². The van der Waals surface area contributed by atoms with Gasteiger partial charge in [0, 0.05) is 0 Å². The number of carbonyl (C=O) groups is 1. The molecule has 1 aromatic rings. The van der Waals surface area contributed by atoms with Gasteiger partial charge in [0.15, 0.2) is 5.11 Å². The van der Waals surface area contributed by atoms with Crippen molar-refractivity contribution in [3.63, 3.8) is 0 Å². The summed E-state index contributed by atoms with van der Waals surface area (Å²) in [4.78, 5) is 13.7. The van der Waals surface area contributed by atoms with Gasteiger partial charge in [-0.15, -0.1) is 0 Å². The van der Waals surface area contributed by atoms with Gasteiger partial charge in [-0.1, -0.05) is 26.0 Å². The first-order chi connectivity index (χ1) is 8.49. The normalized spacial score (nSPS) is 19.6. The maximum atomic E-state index is 12.8. The summed E-state index contributed by atoms with van der Waals surface area (Å²) in [6.07, 6.45) is 0. The molecule has 1 aliphatic rings. The van der Waals surface area contributed by atoms with E-state index in [-0.39, 0.29) is 23.7 Å². The Morgan fingerprint density at radius 1 is 1.39 bits per heavy atom. The Balaban J connectivity index is 2.12. The number of carbonyl (C=O) groups excluding carboxylic acids is 1. The number of amides is 1. The summed E-state index contributed by atoms with van der Waals surface area (Å²) < 4.78 is 12.8. The quantitative estimate of drug-likeness (QED) is 0.850. The molecule has 1 saturated heterocycles. The van der Waals surface area contributed by atoms with Crippen LogP contribution in [0.15, 0.2) is 24.3 Å². The van der Waals surface area contributed by atoms with Crippen LogP contribution in [0.25, 0.3) is 0 Å². The highest BCUT2D eigenvalue weighted by Gasteiger charge is 2.36. The number of thiocarbonyl (C=S) groups is 1. The van der Waals surface area contributed by atoms with E-state index in [1.54, 1.807) is 12.1 Å². The summed E-state index contributed by atoms with van der Waals surface area (Å²) in [7, 11) is 0. The van der Waals surface area contributed by atoms with Gasteiger partial charge in [0.1, 0.15) is 11.9 Å². The first kappa shape index (κ1) is 13.0. The van der Waals surface area contributed by atoms with Crippen LogP contribution < -0.4 is 5.32 Å². The molecule has 1 N–H and O–H groups in total. The Kier molecular flexibility index (Phi) is 3.61. The highest BCUT2D eigenvalue weighted by atomic mass is 32.1. The zero-order chi connectivity index (χ0) is 13.3. The summed E-state index contributed by atoms with van der Waals surface area (Å²) in [6.45, 7) is 4.33. The van der Waals surface area contributed by atoms with Crippen molar-refractivity contribution in [2.75, 3.05) is 0 Å². The van der Waals surface area contributed by atoms with E-state index in [9.17, 15) is 9.18 Å². The fourth-order valence-electron chi connectivity index (χ4n) is 1.91. The highest BCUT2D eigenvalue weighted by molar-refractivity contribution is 7.80. The summed E-state index contributed by atoms with van der Waals surface area (Å²) in [5.74, 6) is -0.111. The van der Waals surface area contributed by atoms with Crippen molar-refractivity contribution in [2.45, 2.75) is 26.4 Å². The van der Waals surface area contributed by atoms with Crippen molar-refractivity contribution >= 4 is 23.2 Å². The van der Waals surface area contributed by atoms with Crippen molar-refractivity contribution in [3.8, 4) is 0 Å². The van der Waals surface area contributed by atoms with Crippen LogP contribution in [-0.2, 0) is 11.3 Å². The van der Waals surface area contributed by atoms with E-state index < -0.39 is 0 Å². The highest BCUT2D eigenvalue weighted by Crippen LogP contribution is 2.17. The maximum Gasteiger partial charge on any atom is 0.251 e. The van der Waals surface area contributed by atoms with Gasteiger partial charge in [-0.25, -0.2) is 4.39 Å². The van der Waals surface area contributed by atoms with Crippen molar-refractivity contribution in [3.05, 3.63) is 35.6 Å². The number of rotatable bonds is 3. The van der Waals surface area contributed by atoms with Gasteiger partial charge in [0.05, 0.1) is 6.54 Å². The van der Waals surface area contributed by atoms with E-state index in [0.717, 1.165) is 5.56 Å². The first-order valence-electron chi connectivity index (χ1n) is 5.85. The zero-order valence-corrected chi connectivity index (χ0v) is 11.1. The van der Waals surface area contributed by atoms with E-state index in [1.165, 1.54) is 17.0 Å². The Morgan fingerprint density at radius 2 is 2.00 bits per heavy atom. The van der Waals surface area contributed by atoms with Gasteiger partial charge >= 0.3 is 0 Å². The molecule has 1 aromatic carbocycles. The molecule has 0 bridgehead atoms. The lowest BCUT2D eigenvalue weighted by Gasteiger charge is -2.15. The second-order valence-electron chi connectivity index (χ2n) is 4.72. The molecule has 0 spiro atoms. The largest absolute Gasteiger partial charge is 0.350 e. The first-order valence-corrected chi connectivity index (χ1v) is 6.26. The fraction of sp³-hybridized carbons (Fsp3) is 0.385. The number of nitrogens with zero attached hydrogens (tertiary/aromatic N) is 1. The standard InChI is InChI=1S/C13H15FN2OS/c1-8(2)11-12(17)16(13(18)15-11)7-9-3-5-10(14)6-4-9/h3-6,8,11H,7H2,1-2H3,(H,15,18).